The average Bonchev–Trinajstić information content (AvgIpc) is 3.41. The second kappa shape index (κ2) is 7.15. The molecule has 4 rings (SSSR count). The molecule has 1 amide bonds. The predicted octanol–water partition coefficient (Wildman–Crippen LogP) is 4.17. The predicted molar refractivity (Wildman–Crippen MR) is 99.6 cm³/mol. The topological polar surface area (TPSA) is 73.0 Å². The molecule has 8 heteroatoms. The number of amides is 1. The van der Waals surface area contributed by atoms with Gasteiger partial charge in [-0.1, -0.05) is 11.6 Å². The molecular formula is C18H13ClN4O2S. The van der Waals surface area contributed by atoms with Crippen molar-refractivity contribution in [2.75, 3.05) is 0 Å². The maximum atomic E-state index is 12.3. The molecule has 0 aliphatic rings. The third-order valence-corrected chi connectivity index (χ3v) is 4.90. The number of hydrogen-bond donors (Lipinski definition) is 1. The highest BCUT2D eigenvalue weighted by Gasteiger charge is 2.13. The molecule has 130 valence electrons. The molecule has 0 spiro atoms. The Balaban J connectivity index is 1.40. The van der Waals surface area contributed by atoms with Crippen molar-refractivity contribution in [2.24, 2.45) is 0 Å². The first-order valence-corrected chi connectivity index (χ1v) is 8.96. The van der Waals surface area contributed by atoms with Gasteiger partial charge in [-0.25, -0.2) is 9.67 Å². The van der Waals surface area contributed by atoms with E-state index in [1.165, 1.54) is 11.3 Å². The summed E-state index contributed by atoms with van der Waals surface area (Å²) in [6, 6.07) is 11.0. The van der Waals surface area contributed by atoms with Crippen LogP contribution in [0.3, 0.4) is 0 Å². The number of halogens is 1. The molecule has 1 N–H and O–H groups in total. The van der Waals surface area contributed by atoms with Crippen LogP contribution < -0.4 is 5.32 Å². The number of benzene rings is 1. The number of carbonyl (C=O) groups excluding carboxylic acids is 1. The number of nitrogens with one attached hydrogen (secondary N) is 1. The molecule has 0 aliphatic heterocycles. The van der Waals surface area contributed by atoms with Crippen LogP contribution in [0.5, 0.6) is 0 Å². The first-order valence-electron chi connectivity index (χ1n) is 7.76. The van der Waals surface area contributed by atoms with Gasteiger partial charge < -0.3 is 9.73 Å². The van der Waals surface area contributed by atoms with Crippen LogP contribution in [0.25, 0.3) is 16.5 Å². The SMILES string of the molecule is O=C(NCc1cnn(-c2ccc(Cl)cc2)c1)c1cnc(-c2ccco2)s1. The van der Waals surface area contributed by atoms with Gasteiger partial charge in [0.25, 0.3) is 5.91 Å². The van der Waals surface area contributed by atoms with Gasteiger partial charge in [0.15, 0.2) is 10.8 Å². The van der Waals surface area contributed by atoms with Gasteiger partial charge >= 0.3 is 0 Å². The standard InChI is InChI=1S/C18H13ClN4O2S/c19-13-3-5-14(6-4-13)23-11-12(9-22-23)8-20-17(24)16-10-21-18(26-16)15-2-1-7-25-15/h1-7,9-11H,8H2,(H,20,24). The van der Waals surface area contributed by atoms with Crippen molar-refractivity contribution in [3.63, 3.8) is 0 Å². The second-order valence-corrected chi connectivity index (χ2v) is 6.93. The first kappa shape index (κ1) is 16.6. The molecule has 0 atom stereocenters. The van der Waals surface area contributed by atoms with Crippen LogP contribution >= 0.6 is 22.9 Å². The summed E-state index contributed by atoms with van der Waals surface area (Å²) >= 11 is 7.18. The van der Waals surface area contributed by atoms with E-state index < -0.39 is 0 Å². The number of hydrogen-bond acceptors (Lipinski definition) is 5. The van der Waals surface area contributed by atoms with Crippen LogP contribution in [-0.4, -0.2) is 20.7 Å². The fraction of sp³-hybridized carbons (Fsp3) is 0.0556. The zero-order valence-corrected chi connectivity index (χ0v) is 15.0. The molecule has 0 bridgehead atoms. The van der Waals surface area contributed by atoms with Gasteiger partial charge in [0.1, 0.15) is 4.88 Å². The summed E-state index contributed by atoms with van der Waals surface area (Å²) < 4.78 is 7.03. The van der Waals surface area contributed by atoms with E-state index in [0.717, 1.165) is 11.3 Å². The highest BCUT2D eigenvalue weighted by Crippen LogP contribution is 2.25. The van der Waals surface area contributed by atoms with Gasteiger partial charge in [-0.05, 0) is 36.4 Å². The number of nitrogens with zero attached hydrogens (tertiary/aromatic N) is 3. The second-order valence-electron chi connectivity index (χ2n) is 5.46. The van der Waals surface area contributed by atoms with E-state index in [1.807, 2.05) is 24.4 Å². The number of thiazole rings is 1. The van der Waals surface area contributed by atoms with Crippen LogP contribution in [0.1, 0.15) is 15.2 Å². The van der Waals surface area contributed by atoms with E-state index >= 15 is 0 Å². The van der Waals surface area contributed by atoms with E-state index in [9.17, 15) is 4.79 Å². The van der Waals surface area contributed by atoms with Gasteiger partial charge in [0, 0.05) is 23.3 Å². The molecule has 0 fully saturated rings. The summed E-state index contributed by atoms with van der Waals surface area (Å²) in [5.74, 6) is 0.470. The molecule has 0 unspecified atom stereocenters. The van der Waals surface area contributed by atoms with Crippen LogP contribution in [0.15, 0.2) is 65.7 Å². The summed E-state index contributed by atoms with van der Waals surface area (Å²) in [6.07, 6.45) is 6.71. The molecule has 0 saturated carbocycles. The number of rotatable bonds is 5. The van der Waals surface area contributed by atoms with Gasteiger partial charge in [-0.3, -0.25) is 4.79 Å². The van der Waals surface area contributed by atoms with Crippen molar-refractivity contribution in [3.8, 4) is 16.5 Å². The van der Waals surface area contributed by atoms with Gasteiger partial charge in [0.05, 0.1) is 24.3 Å². The van der Waals surface area contributed by atoms with Crippen molar-refractivity contribution in [1.82, 2.24) is 20.1 Å². The fourth-order valence-electron chi connectivity index (χ4n) is 2.35. The highest BCUT2D eigenvalue weighted by molar-refractivity contribution is 7.16. The minimum atomic E-state index is -0.181. The average molecular weight is 385 g/mol. The van der Waals surface area contributed by atoms with Crippen molar-refractivity contribution < 1.29 is 9.21 Å². The van der Waals surface area contributed by atoms with Crippen molar-refractivity contribution in [2.45, 2.75) is 6.54 Å². The lowest BCUT2D eigenvalue weighted by atomic mass is 10.3. The molecular weight excluding hydrogens is 372 g/mol. The van der Waals surface area contributed by atoms with E-state index in [1.54, 1.807) is 41.5 Å². The van der Waals surface area contributed by atoms with E-state index in [2.05, 4.69) is 15.4 Å². The van der Waals surface area contributed by atoms with Crippen molar-refractivity contribution >= 4 is 28.8 Å². The lowest BCUT2D eigenvalue weighted by Crippen LogP contribution is -2.21. The monoisotopic (exact) mass is 384 g/mol. The largest absolute Gasteiger partial charge is 0.462 e. The maximum Gasteiger partial charge on any atom is 0.263 e. The summed E-state index contributed by atoms with van der Waals surface area (Å²) in [5, 5.41) is 8.53. The van der Waals surface area contributed by atoms with Crippen LogP contribution in [-0.2, 0) is 6.54 Å². The van der Waals surface area contributed by atoms with E-state index in [4.69, 9.17) is 16.0 Å². The summed E-state index contributed by atoms with van der Waals surface area (Å²) in [6.45, 7) is 0.375. The fourth-order valence-corrected chi connectivity index (χ4v) is 3.28. The molecule has 4 aromatic rings. The Labute approximate surface area is 158 Å². The third kappa shape index (κ3) is 3.54. The van der Waals surface area contributed by atoms with Crippen LogP contribution in [0, 0.1) is 0 Å². The molecule has 0 saturated heterocycles. The van der Waals surface area contributed by atoms with Gasteiger partial charge in [0.2, 0.25) is 0 Å². The maximum absolute atomic E-state index is 12.3. The Morgan fingerprint density at radius 3 is 2.85 bits per heavy atom. The Morgan fingerprint density at radius 1 is 1.23 bits per heavy atom. The lowest BCUT2D eigenvalue weighted by Gasteiger charge is -2.01. The Morgan fingerprint density at radius 2 is 2.08 bits per heavy atom. The third-order valence-electron chi connectivity index (χ3n) is 3.64. The summed E-state index contributed by atoms with van der Waals surface area (Å²) in [4.78, 5) is 17.1. The number of carbonyl (C=O) groups is 1. The molecule has 3 aromatic heterocycles. The minimum Gasteiger partial charge on any atom is -0.462 e. The molecule has 6 nitrogen and oxygen atoms in total. The van der Waals surface area contributed by atoms with Gasteiger partial charge in [-0.2, -0.15) is 5.10 Å². The normalized spacial score (nSPS) is 10.8. The Hall–Kier alpha value is -2.90. The summed E-state index contributed by atoms with van der Waals surface area (Å²) in [5.41, 5.74) is 1.79. The zero-order chi connectivity index (χ0) is 17.9. The zero-order valence-electron chi connectivity index (χ0n) is 13.4. The first-order chi connectivity index (χ1) is 12.7. The van der Waals surface area contributed by atoms with E-state index in [-0.39, 0.29) is 5.91 Å². The molecule has 0 radical (unpaired) electrons. The highest BCUT2D eigenvalue weighted by atomic mass is 35.5. The van der Waals surface area contributed by atoms with Gasteiger partial charge in [-0.15, -0.1) is 11.3 Å². The van der Waals surface area contributed by atoms with Crippen molar-refractivity contribution in [3.05, 3.63) is 76.7 Å². The molecule has 1 aromatic carbocycles. The lowest BCUT2D eigenvalue weighted by molar-refractivity contribution is 0.0955. The van der Waals surface area contributed by atoms with Crippen molar-refractivity contribution in [1.29, 1.82) is 0 Å². The van der Waals surface area contributed by atoms with E-state index in [0.29, 0.717) is 27.2 Å². The quantitative estimate of drug-likeness (QED) is 0.560. The number of furan rings is 1. The Kier molecular flexibility index (Phi) is 4.55. The molecule has 0 aliphatic carbocycles. The summed E-state index contributed by atoms with van der Waals surface area (Å²) in [7, 11) is 0. The van der Waals surface area contributed by atoms with Crippen LogP contribution in [0.4, 0.5) is 0 Å². The number of aromatic nitrogens is 3. The minimum absolute atomic E-state index is 0.181. The molecule has 26 heavy (non-hydrogen) atoms. The Bertz CT molecular complexity index is 1020. The molecule has 3 heterocycles. The van der Waals surface area contributed by atoms with Crippen LogP contribution in [0.2, 0.25) is 5.02 Å². The smallest absolute Gasteiger partial charge is 0.263 e.